The number of fused-ring (bicyclic) bond motifs is 2. The summed E-state index contributed by atoms with van der Waals surface area (Å²) in [6.45, 7) is 1.88. The molecule has 3 amide bonds. The lowest BCUT2D eigenvalue weighted by atomic mass is 10.0. The highest BCUT2D eigenvalue weighted by molar-refractivity contribution is 5.94. The van der Waals surface area contributed by atoms with Crippen molar-refractivity contribution < 1.29 is 18.4 Å². The van der Waals surface area contributed by atoms with Crippen LogP contribution in [0.1, 0.15) is 24.4 Å². The fourth-order valence-corrected chi connectivity index (χ4v) is 5.48. The summed E-state index contributed by atoms with van der Waals surface area (Å²) in [6, 6.07) is 4.55. The number of anilines is 2. The number of carbonyl (C=O) groups excluding carboxylic acids is 2. The third-order valence-corrected chi connectivity index (χ3v) is 7.35. The number of halogens is 2. The molecular weight excluding hydrogens is 470 g/mol. The van der Waals surface area contributed by atoms with Gasteiger partial charge in [0.05, 0.1) is 24.8 Å². The van der Waals surface area contributed by atoms with Crippen LogP contribution in [-0.4, -0.2) is 75.7 Å². The molecule has 188 valence electrons. The van der Waals surface area contributed by atoms with Crippen LogP contribution in [0.2, 0.25) is 0 Å². The minimum absolute atomic E-state index is 0.0336. The second kappa shape index (κ2) is 8.70. The second-order valence-corrected chi connectivity index (χ2v) is 9.58. The van der Waals surface area contributed by atoms with E-state index >= 15 is 0 Å². The van der Waals surface area contributed by atoms with Gasteiger partial charge in [0.2, 0.25) is 5.91 Å². The lowest BCUT2D eigenvalue weighted by molar-refractivity contribution is -0.137. The van der Waals surface area contributed by atoms with E-state index in [-0.39, 0.29) is 29.9 Å². The SMILES string of the molecule is CN1CNC2CN(C(=O)Nc3cnn4ccc(N5CCC[C@@H]5c5cc(F)ccc5F)nc34)CC2C1=O. The van der Waals surface area contributed by atoms with Gasteiger partial charge in [-0.1, -0.05) is 0 Å². The molecule has 3 fully saturated rings. The van der Waals surface area contributed by atoms with Crippen LogP contribution in [0.15, 0.2) is 36.7 Å². The molecule has 0 spiro atoms. The number of amides is 3. The fraction of sp³-hybridized carbons (Fsp3) is 0.417. The van der Waals surface area contributed by atoms with E-state index in [0.717, 1.165) is 18.6 Å². The predicted octanol–water partition coefficient (Wildman–Crippen LogP) is 2.20. The van der Waals surface area contributed by atoms with E-state index in [1.54, 1.807) is 33.6 Å². The van der Waals surface area contributed by atoms with Gasteiger partial charge >= 0.3 is 6.03 Å². The quantitative estimate of drug-likeness (QED) is 0.577. The van der Waals surface area contributed by atoms with Gasteiger partial charge in [-0.3, -0.25) is 10.1 Å². The number of urea groups is 1. The average Bonchev–Trinajstić information content (AvgIpc) is 3.61. The van der Waals surface area contributed by atoms with Gasteiger partial charge in [0.1, 0.15) is 23.1 Å². The zero-order chi connectivity index (χ0) is 25.0. The van der Waals surface area contributed by atoms with Crippen molar-refractivity contribution in [1.29, 1.82) is 0 Å². The van der Waals surface area contributed by atoms with Crippen molar-refractivity contribution in [2.24, 2.45) is 5.92 Å². The van der Waals surface area contributed by atoms with Crippen LogP contribution in [0.5, 0.6) is 0 Å². The number of aromatic nitrogens is 3. The van der Waals surface area contributed by atoms with Gasteiger partial charge in [0, 0.05) is 44.5 Å². The number of likely N-dealkylation sites (tertiary alicyclic amines) is 1. The zero-order valence-electron chi connectivity index (χ0n) is 19.7. The molecule has 1 aromatic carbocycles. The maximum Gasteiger partial charge on any atom is 0.322 e. The Bertz CT molecular complexity index is 1350. The summed E-state index contributed by atoms with van der Waals surface area (Å²) in [6.07, 6.45) is 4.75. The molecule has 0 radical (unpaired) electrons. The first-order chi connectivity index (χ1) is 17.4. The number of hydrogen-bond donors (Lipinski definition) is 2. The van der Waals surface area contributed by atoms with Crippen LogP contribution in [0.4, 0.5) is 25.1 Å². The summed E-state index contributed by atoms with van der Waals surface area (Å²) in [5, 5.41) is 10.5. The third kappa shape index (κ3) is 3.81. The van der Waals surface area contributed by atoms with Gasteiger partial charge in [0.25, 0.3) is 0 Å². The number of rotatable bonds is 3. The number of carbonyl (C=O) groups is 2. The van der Waals surface area contributed by atoms with Gasteiger partial charge in [-0.25, -0.2) is 23.1 Å². The molecule has 10 nitrogen and oxygen atoms in total. The van der Waals surface area contributed by atoms with Crippen molar-refractivity contribution in [2.75, 3.05) is 43.6 Å². The van der Waals surface area contributed by atoms with Gasteiger partial charge < -0.3 is 20.0 Å². The van der Waals surface area contributed by atoms with Crippen molar-refractivity contribution in [1.82, 2.24) is 29.7 Å². The van der Waals surface area contributed by atoms with Gasteiger partial charge in [0.15, 0.2) is 5.65 Å². The van der Waals surface area contributed by atoms with Crippen molar-refractivity contribution in [3.05, 3.63) is 53.9 Å². The van der Waals surface area contributed by atoms with Gasteiger partial charge in [-0.15, -0.1) is 0 Å². The zero-order valence-corrected chi connectivity index (χ0v) is 19.7. The molecule has 12 heteroatoms. The summed E-state index contributed by atoms with van der Waals surface area (Å²) in [4.78, 5) is 35.4. The Labute approximate surface area is 205 Å². The molecule has 0 bridgehead atoms. The molecule has 2 N–H and O–H groups in total. The third-order valence-electron chi connectivity index (χ3n) is 7.35. The minimum atomic E-state index is -0.479. The molecule has 3 saturated heterocycles. The largest absolute Gasteiger partial charge is 0.349 e. The van der Waals surface area contributed by atoms with Gasteiger partial charge in [-0.05, 0) is 37.1 Å². The molecule has 5 heterocycles. The number of nitrogens with one attached hydrogen (secondary N) is 2. The number of nitrogens with zero attached hydrogens (tertiary/aromatic N) is 6. The van der Waals surface area contributed by atoms with E-state index in [0.29, 0.717) is 55.4 Å². The normalized spacial score (nSPS) is 24.0. The second-order valence-electron chi connectivity index (χ2n) is 9.58. The lowest BCUT2D eigenvalue weighted by Gasteiger charge is -2.31. The molecule has 3 atom stereocenters. The Morgan fingerprint density at radius 1 is 1.22 bits per heavy atom. The number of benzene rings is 1. The van der Waals surface area contributed by atoms with Crippen molar-refractivity contribution >= 4 is 29.1 Å². The highest BCUT2D eigenvalue weighted by Gasteiger charge is 2.43. The molecule has 3 aliphatic heterocycles. The molecular formula is C24H26F2N8O2. The van der Waals surface area contributed by atoms with E-state index in [2.05, 4.69) is 15.7 Å². The van der Waals surface area contributed by atoms with E-state index in [1.807, 2.05) is 4.90 Å². The summed E-state index contributed by atoms with van der Waals surface area (Å²) in [5.41, 5.74) is 1.18. The standard InChI is InChI=1S/C24H26F2N8O2/c1-31-13-27-19-12-32(11-16(19)23(31)35)24(36)29-18-10-28-34-8-6-21(30-22(18)34)33-7-2-3-20(33)15-9-14(25)4-5-17(15)26/h4-6,8-10,16,19-20,27H,2-3,7,11-13H2,1H3,(H,29,36)/t16?,19?,20-/m1/s1. The monoisotopic (exact) mass is 496 g/mol. The van der Waals surface area contributed by atoms with Crippen LogP contribution in [0, 0.1) is 17.6 Å². The van der Waals surface area contributed by atoms with Gasteiger partial charge in [-0.2, -0.15) is 5.10 Å². The molecule has 2 unspecified atom stereocenters. The molecule has 2 aromatic heterocycles. The Balaban J connectivity index is 1.23. The van der Waals surface area contributed by atoms with E-state index in [4.69, 9.17) is 4.98 Å². The Morgan fingerprint density at radius 3 is 2.94 bits per heavy atom. The van der Waals surface area contributed by atoms with Crippen LogP contribution >= 0.6 is 0 Å². The molecule has 0 aliphatic carbocycles. The van der Waals surface area contributed by atoms with Crippen LogP contribution in [0.25, 0.3) is 5.65 Å². The summed E-state index contributed by atoms with van der Waals surface area (Å²) < 4.78 is 29.9. The first kappa shape index (κ1) is 22.7. The van der Waals surface area contributed by atoms with Crippen molar-refractivity contribution in [2.45, 2.75) is 24.9 Å². The molecule has 3 aliphatic rings. The Hall–Kier alpha value is -3.80. The maximum atomic E-state index is 14.5. The van der Waals surface area contributed by atoms with Crippen molar-refractivity contribution in [3.8, 4) is 0 Å². The van der Waals surface area contributed by atoms with E-state index < -0.39 is 11.6 Å². The molecule has 0 saturated carbocycles. The predicted molar refractivity (Wildman–Crippen MR) is 127 cm³/mol. The van der Waals surface area contributed by atoms with E-state index in [9.17, 15) is 18.4 Å². The Kier molecular flexibility index (Phi) is 5.47. The van der Waals surface area contributed by atoms with Crippen molar-refractivity contribution in [3.63, 3.8) is 0 Å². The number of hydrogen-bond acceptors (Lipinski definition) is 6. The molecule has 6 rings (SSSR count). The smallest absolute Gasteiger partial charge is 0.322 e. The van der Waals surface area contributed by atoms with Crippen LogP contribution in [-0.2, 0) is 4.79 Å². The lowest BCUT2D eigenvalue weighted by Crippen LogP contribution is -2.54. The maximum absolute atomic E-state index is 14.5. The average molecular weight is 497 g/mol. The summed E-state index contributed by atoms with van der Waals surface area (Å²) >= 11 is 0. The molecule has 3 aromatic rings. The minimum Gasteiger partial charge on any atom is -0.349 e. The summed E-state index contributed by atoms with van der Waals surface area (Å²) in [5.74, 6) is -0.566. The highest BCUT2D eigenvalue weighted by Crippen LogP contribution is 2.37. The first-order valence-electron chi connectivity index (χ1n) is 12.0. The highest BCUT2D eigenvalue weighted by atomic mass is 19.1. The molecule has 36 heavy (non-hydrogen) atoms. The van der Waals surface area contributed by atoms with Crippen LogP contribution in [0.3, 0.4) is 0 Å². The fourth-order valence-electron chi connectivity index (χ4n) is 5.48. The van der Waals surface area contributed by atoms with Crippen LogP contribution < -0.4 is 15.5 Å². The topological polar surface area (TPSA) is 98.1 Å². The Morgan fingerprint density at radius 2 is 2.08 bits per heavy atom. The van der Waals surface area contributed by atoms with E-state index in [1.165, 1.54) is 12.3 Å². The first-order valence-corrected chi connectivity index (χ1v) is 12.0. The summed E-state index contributed by atoms with van der Waals surface area (Å²) in [7, 11) is 1.74.